The molecule has 178 valence electrons. The van der Waals surface area contributed by atoms with Crippen molar-refractivity contribution in [3.63, 3.8) is 0 Å². The Labute approximate surface area is 199 Å². The maximum atomic E-state index is 13.7. The number of anilines is 1. The second kappa shape index (κ2) is 10.1. The van der Waals surface area contributed by atoms with Crippen molar-refractivity contribution < 1.29 is 18.7 Å². The number of nitrogens with zero attached hydrogens (tertiary/aromatic N) is 4. The number of aromatic nitrogens is 2. The Kier molecular flexibility index (Phi) is 6.95. The Hall–Kier alpha value is -3.68. The Balaban J connectivity index is 1.53. The lowest BCUT2D eigenvalue weighted by Crippen LogP contribution is -2.49. The molecule has 0 spiro atoms. The molecule has 1 saturated heterocycles. The molecule has 0 radical (unpaired) electrons. The van der Waals surface area contributed by atoms with Crippen LogP contribution in [0.3, 0.4) is 0 Å². The van der Waals surface area contributed by atoms with Gasteiger partial charge in [-0.3, -0.25) is 4.79 Å². The molecule has 0 N–H and O–H groups in total. The van der Waals surface area contributed by atoms with Crippen LogP contribution in [0, 0.1) is 19.7 Å². The van der Waals surface area contributed by atoms with E-state index in [-0.39, 0.29) is 11.7 Å². The molecule has 2 aromatic carbocycles. The van der Waals surface area contributed by atoms with Crippen LogP contribution in [-0.2, 0) is 6.42 Å². The normalized spacial score (nSPS) is 13.7. The summed E-state index contributed by atoms with van der Waals surface area (Å²) in [6.45, 7) is 6.22. The first-order chi connectivity index (χ1) is 16.4. The van der Waals surface area contributed by atoms with E-state index in [1.807, 2.05) is 24.8 Å². The predicted octanol–water partition coefficient (Wildman–Crippen LogP) is 3.80. The van der Waals surface area contributed by atoms with Crippen LogP contribution in [-0.4, -0.2) is 61.2 Å². The van der Waals surface area contributed by atoms with Gasteiger partial charge in [-0.2, -0.15) is 0 Å². The van der Waals surface area contributed by atoms with Crippen LogP contribution in [0.15, 0.2) is 42.5 Å². The lowest BCUT2D eigenvalue weighted by atomic mass is 10.0. The number of aryl methyl sites for hydroxylation is 2. The molecule has 0 bridgehead atoms. The largest absolute Gasteiger partial charge is 0.497 e. The van der Waals surface area contributed by atoms with Crippen molar-refractivity contribution in [2.24, 2.45) is 0 Å². The number of halogens is 1. The summed E-state index contributed by atoms with van der Waals surface area (Å²) < 4.78 is 24.4. The minimum atomic E-state index is -0.258. The third-order valence-corrected chi connectivity index (χ3v) is 6.04. The Morgan fingerprint density at radius 2 is 1.65 bits per heavy atom. The zero-order chi connectivity index (χ0) is 24.2. The molecular weight excluding hydrogens is 435 g/mol. The summed E-state index contributed by atoms with van der Waals surface area (Å²) in [5.74, 6) is 2.38. The van der Waals surface area contributed by atoms with Crippen LogP contribution in [0.25, 0.3) is 0 Å². The van der Waals surface area contributed by atoms with Gasteiger partial charge in [0.05, 0.1) is 14.2 Å². The van der Waals surface area contributed by atoms with Gasteiger partial charge in [-0.15, -0.1) is 0 Å². The number of rotatable bonds is 6. The average molecular weight is 465 g/mol. The van der Waals surface area contributed by atoms with E-state index in [4.69, 9.17) is 14.5 Å². The molecule has 8 heteroatoms. The number of benzene rings is 2. The predicted molar refractivity (Wildman–Crippen MR) is 128 cm³/mol. The number of methoxy groups -OCH3 is 2. The van der Waals surface area contributed by atoms with Crippen molar-refractivity contribution in [1.82, 2.24) is 14.9 Å². The third-order valence-electron chi connectivity index (χ3n) is 6.04. The van der Waals surface area contributed by atoms with Crippen LogP contribution in [0.4, 0.5) is 10.2 Å². The number of hydrogen-bond acceptors (Lipinski definition) is 6. The molecule has 0 aliphatic carbocycles. The van der Waals surface area contributed by atoms with Crippen LogP contribution in [0.1, 0.15) is 33.0 Å². The van der Waals surface area contributed by atoms with Gasteiger partial charge in [-0.05, 0) is 43.7 Å². The summed E-state index contributed by atoms with van der Waals surface area (Å²) in [5.41, 5.74) is 3.27. The summed E-state index contributed by atoms with van der Waals surface area (Å²) in [6, 6.07) is 11.8. The van der Waals surface area contributed by atoms with Crippen molar-refractivity contribution in [3.05, 3.63) is 76.5 Å². The van der Waals surface area contributed by atoms with Gasteiger partial charge < -0.3 is 19.3 Å². The summed E-state index contributed by atoms with van der Waals surface area (Å²) in [5, 5.41) is 0. The maximum absolute atomic E-state index is 13.7. The molecule has 4 rings (SSSR count). The minimum absolute atomic E-state index is 0.0631. The summed E-state index contributed by atoms with van der Waals surface area (Å²) >= 11 is 0. The summed E-state index contributed by atoms with van der Waals surface area (Å²) in [7, 11) is 3.13. The maximum Gasteiger partial charge on any atom is 0.254 e. The zero-order valence-electron chi connectivity index (χ0n) is 20.0. The highest BCUT2D eigenvalue weighted by Crippen LogP contribution is 2.27. The van der Waals surface area contributed by atoms with Crippen molar-refractivity contribution in [2.75, 3.05) is 45.3 Å². The fourth-order valence-corrected chi connectivity index (χ4v) is 4.27. The zero-order valence-corrected chi connectivity index (χ0v) is 20.0. The van der Waals surface area contributed by atoms with E-state index < -0.39 is 0 Å². The highest BCUT2D eigenvalue weighted by molar-refractivity contribution is 5.95. The molecule has 34 heavy (non-hydrogen) atoms. The van der Waals surface area contributed by atoms with Crippen molar-refractivity contribution in [3.8, 4) is 11.5 Å². The molecule has 0 saturated carbocycles. The molecule has 1 aromatic heterocycles. The minimum Gasteiger partial charge on any atom is -0.497 e. The first-order valence-electron chi connectivity index (χ1n) is 11.2. The lowest BCUT2D eigenvalue weighted by Gasteiger charge is -2.36. The molecule has 1 aliphatic rings. The van der Waals surface area contributed by atoms with E-state index in [0.29, 0.717) is 55.5 Å². The van der Waals surface area contributed by atoms with Gasteiger partial charge in [0.1, 0.15) is 29.0 Å². The van der Waals surface area contributed by atoms with Gasteiger partial charge in [0.2, 0.25) is 0 Å². The van der Waals surface area contributed by atoms with Crippen molar-refractivity contribution >= 4 is 11.7 Å². The molecule has 2 heterocycles. The molecule has 7 nitrogen and oxygen atoms in total. The molecule has 3 aromatic rings. The molecule has 1 fully saturated rings. The third kappa shape index (κ3) is 5.11. The van der Waals surface area contributed by atoms with Crippen LogP contribution < -0.4 is 14.4 Å². The fraction of sp³-hybridized carbons (Fsp3) is 0.346. The van der Waals surface area contributed by atoms with Gasteiger partial charge in [0.15, 0.2) is 0 Å². The van der Waals surface area contributed by atoms with E-state index in [1.165, 1.54) is 6.07 Å². The fourth-order valence-electron chi connectivity index (χ4n) is 4.27. The Morgan fingerprint density at radius 1 is 0.971 bits per heavy atom. The highest BCUT2D eigenvalue weighted by Gasteiger charge is 2.26. The lowest BCUT2D eigenvalue weighted by molar-refractivity contribution is 0.0745. The van der Waals surface area contributed by atoms with Gasteiger partial charge in [-0.25, -0.2) is 14.4 Å². The summed E-state index contributed by atoms with van der Waals surface area (Å²) in [4.78, 5) is 26.5. The second-order valence-corrected chi connectivity index (χ2v) is 8.35. The standard InChI is InChI=1S/C26H29FN4O3/c1-17-24(13-19-6-5-7-21(27)12-19)25(29-18(2)28-17)30-8-10-31(11-9-30)26(32)20-14-22(33-3)16-23(15-20)34-4/h5-7,12,14-16H,8-11,13H2,1-4H3. The highest BCUT2D eigenvalue weighted by atomic mass is 19.1. The number of carbonyl (C=O) groups excluding carboxylic acids is 1. The molecule has 1 aliphatic heterocycles. The number of ether oxygens (including phenoxy) is 2. The van der Waals surface area contributed by atoms with Gasteiger partial charge in [0.25, 0.3) is 5.91 Å². The van der Waals surface area contributed by atoms with Gasteiger partial charge in [0, 0.05) is 55.5 Å². The van der Waals surface area contributed by atoms with Crippen LogP contribution in [0.2, 0.25) is 0 Å². The van der Waals surface area contributed by atoms with Gasteiger partial charge >= 0.3 is 0 Å². The Morgan fingerprint density at radius 3 is 2.26 bits per heavy atom. The quantitative estimate of drug-likeness (QED) is 0.553. The van der Waals surface area contributed by atoms with E-state index in [9.17, 15) is 9.18 Å². The van der Waals surface area contributed by atoms with E-state index >= 15 is 0 Å². The second-order valence-electron chi connectivity index (χ2n) is 8.35. The molecule has 1 amide bonds. The number of amides is 1. The van der Waals surface area contributed by atoms with Crippen LogP contribution in [0.5, 0.6) is 11.5 Å². The monoisotopic (exact) mass is 464 g/mol. The molecule has 0 unspecified atom stereocenters. The SMILES string of the molecule is COc1cc(OC)cc(C(=O)N2CCN(c3nc(C)nc(C)c3Cc3cccc(F)c3)CC2)c1. The number of carbonyl (C=O) groups is 1. The van der Waals surface area contributed by atoms with E-state index in [0.717, 1.165) is 22.6 Å². The first kappa shape index (κ1) is 23.5. The van der Waals surface area contributed by atoms with E-state index in [1.54, 1.807) is 44.6 Å². The smallest absolute Gasteiger partial charge is 0.254 e. The van der Waals surface area contributed by atoms with E-state index in [2.05, 4.69) is 9.88 Å². The first-order valence-corrected chi connectivity index (χ1v) is 11.2. The molecular formula is C26H29FN4O3. The molecule has 0 atom stereocenters. The average Bonchev–Trinajstić information content (AvgIpc) is 2.85. The van der Waals surface area contributed by atoms with Gasteiger partial charge in [-0.1, -0.05) is 12.1 Å². The number of hydrogen-bond donors (Lipinski definition) is 0. The topological polar surface area (TPSA) is 67.8 Å². The van der Waals surface area contributed by atoms with Crippen molar-refractivity contribution in [1.29, 1.82) is 0 Å². The Bertz CT molecular complexity index is 1170. The number of piperazine rings is 1. The van der Waals surface area contributed by atoms with Crippen molar-refractivity contribution in [2.45, 2.75) is 20.3 Å². The summed E-state index contributed by atoms with van der Waals surface area (Å²) in [6.07, 6.45) is 0.544. The van der Waals surface area contributed by atoms with Crippen LogP contribution >= 0.6 is 0 Å².